The molecule has 7 nitrogen and oxygen atoms in total. The Morgan fingerprint density at radius 1 is 1.32 bits per heavy atom. The SMILES string of the molecule is C[C@H](CNC(=O)N(C)C[C@@H]1COc2ccccc2O1)N1CCOCC1. The smallest absolute Gasteiger partial charge is 0.317 e. The van der Waals surface area contributed by atoms with Gasteiger partial charge in [0.15, 0.2) is 17.6 Å². The highest BCUT2D eigenvalue weighted by atomic mass is 16.6. The third-order valence-corrected chi connectivity index (χ3v) is 4.61. The van der Waals surface area contributed by atoms with E-state index in [9.17, 15) is 4.79 Å². The van der Waals surface area contributed by atoms with Crippen molar-refractivity contribution in [3.05, 3.63) is 24.3 Å². The number of urea groups is 1. The second-order valence-electron chi connectivity index (χ2n) is 6.56. The first-order chi connectivity index (χ1) is 12.1. The standard InChI is InChI=1S/C18H27N3O4/c1-14(21-7-9-23-10-8-21)11-19-18(22)20(2)12-15-13-24-16-5-3-4-6-17(16)25-15/h3-6,14-15H,7-13H2,1-2H3,(H,19,22)/t14-,15-/m1/s1. The first-order valence-electron chi connectivity index (χ1n) is 8.82. The fraction of sp³-hybridized carbons (Fsp3) is 0.611. The second-order valence-corrected chi connectivity index (χ2v) is 6.56. The number of ether oxygens (including phenoxy) is 3. The summed E-state index contributed by atoms with van der Waals surface area (Å²) in [4.78, 5) is 16.3. The maximum absolute atomic E-state index is 12.3. The van der Waals surface area contributed by atoms with Gasteiger partial charge in [-0.25, -0.2) is 4.79 Å². The van der Waals surface area contributed by atoms with E-state index in [1.54, 1.807) is 11.9 Å². The van der Waals surface area contributed by atoms with Crippen molar-refractivity contribution in [1.82, 2.24) is 15.1 Å². The maximum atomic E-state index is 12.3. The van der Waals surface area contributed by atoms with E-state index in [-0.39, 0.29) is 12.1 Å². The van der Waals surface area contributed by atoms with Crippen molar-refractivity contribution in [2.24, 2.45) is 0 Å². The largest absolute Gasteiger partial charge is 0.486 e. The van der Waals surface area contributed by atoms with Gasteiger partial charge >= 0.3 is 6.03 Å². The topological polar surface area (TPSA) is 63.3 Å². The van der Waals surface area contributed by atoms with Gasteiger partial charge in [0.05, 0.1) is 19.8 Å². The molecule has 2 aliphatic rings. The molecule has 0 bridgehead atoms. The lowest BCUT2D eigenvalue weighted by atomic mass is 10.2. The van der Waals surface area contributed by atoms with Crippen LogP contribution in [0.2, 0.25) is 0 Å². The van der Waals surface area contributed by atoms with Gasteiger partial charge < -0.3 is 24.4 Å². The predicted molar refractivity (Wildman–Crippen MR) is 94.2 cm³/mol. The molecule has 2 aliphatic heterocycles. The third kappa shape index (κ3) is 4.76. The second kappa shape index (κ2) is 8.40. The minimum atomic E-state index is -0.165. The van der Waals surface area contributed by atoms with Gasteiger partial charge in [-0.15, -0.1) is 0 Å². The van der Waals surface area contributed by atoms with E-state index in [1.165, 1.54) is 0 Å². The van der Waals surface area contributed by atoms with Gasteiger partial charge in [0.2, 0.25) is 0 Å². The minimum Gasteiger partial charge on any atom is -0.486 e. The molecule has 1 aromatic carbocycles. The molecule has 2 heterocycles. The third-order valence-electron chi connectivity index (χ3n) is 4.61. The lowest BCUT2D eigenvalue weighted by Crippen LogP contribution is -2.50. The van der Waals surface area contributed by atoms with Crippen molar-refractivity contribution < 1.29 is 19.0 Å². The Morgan fingerprint density at radius 3 is 2.80 bits per heavy atom. The molecule has 0 aromatic heterocycles. The van der Waals surface area contributed by atoms with Crippen LogP contribution in [0.25, 0.3) is 0 Å². The molecule has 1 N–H and O–H groups in total. The van der Waals surface area contributed by atoms with E-state index in [1.807, 2.05) is 24.3 Å². The van der Waals surface area contributed by atoms with Crippen molar-refractivity contribution in [3.8, 4) is 11.5 Å². The number of carbonyl (C=O) groups excluding carboxylic acids is 1. The molecule has 2 atom stereocenters. The molecule has 0 unspecified atom stereocenters. The number of nitrogens with one attached hydrogen (secondary N) is 1. The summed E-state index contributed by atoms with van der Waals surface area (Å²) >= 11 is 0. The van der Waals surface area contributed by atoms with E-state index >= 15 is 0 Å². The molecular weight excluding hydrogens is 322 g/mol. The summed E-state index contributed by atoms with van der Waals surface area (Å²) in [6, 6.07) is 7.79. The van der Waals surface area contributed by atoms with Crippen LogP contribution in [0, 0.1) is 0 Å². The molecule has 0 saturated carbocycles. The lowest BCUT2D eigenvalue weighted by molar-refractivity contribution is 0.0205. The molecule has 3 rings (SSSR count). The first kappa shape index (κ1) is 17.8. The summed E-state index contributed by atoms with van der Waals surface area (Å²) in [5, 5.41) is 3.00. The van der Waals surface area contributed by atoms with Crippen LogP contribution in [-0.2, 0) is 4.74 Å². The maximum Gasteiger partial charge on any atom is 0.317 e. The summed E-state index contributed by atoms with van der Waals surface area (Å²) in [6.07, 6.45) is -0.165. The fourth-order valence-corrected chi connectivity index (χ4v) is 3.06. The number of rotatable bonds is 5. The Morgan fingerprint density at radius 2 is 2.04 bits per heavy atom. The number of benzene rings is 1. The average Bonchev–Trinajstić information content (AvgIpc) is 2.66. The number of likely N-dealkylation sites (N-methyl/N-ethyl adjacent to an activating group) is 1. The van der Waals surface area contributed by atoms with Gasteiger partial charge in [-0.05, 0) is 19.1 Å². The van der Waals surface area contributed by atoms with Crippen LogP contribution >= 0.6 is 0 Å². The molecule has 7 heteroatoms. The van der Waals surface area contributed by atoms with Crippen molar-refractivity contribution >= 4 is 6.03 Å². The number of para-hydroxylation sites is 2. The summed E-state index contributed by atoms with van der Waals surface area (Å²) in [5.74, 6) is 1.48. The number of morpholine rings is 1. The van der Waals surface area contributed by atoms with Gasteiger partial charge in [-0.2, -0.15) is 0 Å². The summed E-state index contributed by atoms with van der Waals surface area (Å²) < 4.78 is 17.0. The van der Waals surface area contributed by atoms with E-state index < -0.39 is 0 Å². The zero-order valence-corrected chi connectivity index (χ0v) is 14.9. The van der Waals surface area contributed by atoms with Gasteiger partial charge in [-0.1, -0.05) is 12.1 Å². The molecule has 0 spiro atoms. The number of fused-ring (bicyclic) bond motifs is 1. The van der Waals surface area contributed by atoms with Gasteiger partial charge in [-0.3, -0.25) is 4.90 Å². The molecular formula is C18H27N3O4. The average molecular weight is 349 g/mol. The molecule has 1 fully saturated rings. The highest BCUT2D eigenvalue weighted by molar-refractivity contribution is 5.73. The summed E-state index contributed by atoms with van der Waals surface area (Å²) in [6.45, 7) is 7.02. The number of hydrogen-bond donors (Lipinski definition) is 1. The van der Waals surface area contributed by atoms with Gasteiger partial charge in [0.25, 0.3) is 0 Å². The van der Waals surface area contributed by atoms with Crippen LogP contribution in [0.5, 0.6) is 11.5 Å². The number of hydrogen-bond acceptors (Lipinski definition) is 5. The highest BCUT2D eigenvalue weighted by Crippen LogP contribution is 2.30. The van der Waals surface area contributed by atoms with E-state index in [4.69, 9.17) is 14.2 Å². The Bertz CT molecular complexity index is 577. The van der Waals surface area contributed by atoms with Crippen molar-refractivity contribution in [3.63, 3.8) is 0 Å². The number of nitrogens with zero attached hydrogens (tertiary/aromatic N) is 2. The number of amides is 2. The Hall–Kier alpha value is -1.99. The van der Waals surface area contributed by atoms with E-state index in [2.05, 4.69) is 17.1 Å². The number of carbonyl (C=O) groups is 1. The Balaban J connectivity index is 1.42. The van der Waals surface area contributed by atoms with Gasteiger partial charge in [0.1, 0.15) is 6.61 Å². The normalized spacial score (nSPS) is 21.4. The molecule has 1 aromatic rings. The molecule has 138 valence electrons. The minimum absolute atomic E-state index is 0.0948. The van der Waals surface area contributed by atoms with Crippen LogP contribution in [0.1, 0.15) is 6.92 Å². The van der Waals surface area contributed by atoms with Crippen molar-refractivity contribution in [1.29, 1.82) is 0 Å². The Labute approximate surface area is 148 Å². The first-order valence-corrected chi connectivity index (χ1v) is 8.82. The zero-order chi connectivity index (χ0) is 17.6. The van der Waals surface area contributed by atoms with Crippen LogP contribution in [-0.4, -0.2) is 81.0 Å². The molecule has 1 saturated heterocycles. The summed E-state index contributed by atoms with van der Waals surface area (Å²) in [7, 11) is 1.78. The van der Waals surface area contributed by atoms with E-state index in [0.717, 1.165) is 37.8 Å². The molecule has 0 aliphatic carbocycles. The quantitative estimate of drug-likeness (QED) is 0.865. The summed E-state index contributed by atoms with van der Waals surface area (Å²) in [5.41, 5.74) is 0. The van der Waals surface area contributed by atoms with Crippen LogP contribution in [0.3, 0.4) is 0 Å². The van der Waals surface area contributed by atoms with Crippen LogP contribution in [0.4, 0.5) is 4.79 Å². The van der Waals surface area contributed by atoms with Crippen molar-refractivity contribution in [2.75, 3.05) is 53.0 Å². The fourth-order valence-electron chi connectivity index (χ4n) is 3.06. The zero-order valence-electron chi connectivity index (χ0n) is 14.9. The van der Waals surface area contributed by atoms with Crippen molar-refractivity contribution in [2.45, 2.75) is 19.1 Å². The highest BCUT2D eigenvalue weighted by Gasteiger charge is 2.24. The van der Waals surface area contributed by atoms with E-state index in [0.29, 0.717) is 25.7 Å². The van der Waals surface area contributed by atoms with Crippen LogP contribution in [0.15, 0.2) is 24.3 Å². The lowest BCUT2D eigenvalue weighted by Gasteiger charge is -2.33. The molecule has 25 heavy (non-hydrogen) atoms. The molecule has 0 radical (unpaired) electrons. The van der Waals surface area contributed by atoms with Gasteiger partial charge in [0, 0.05) is 32.7 Å². The monoisotopic (exact) mass is 349 g/mol. The predicted octanol–water partition coefficient (Wildman–Crippen LogP) is 1.19. The van der Waals surface area contributed by atoms with Crippen LogP contribution < -0.4 is 14.8 Å². The Kier molecular flexibility index (Phi) is 5.99. The molecule has 2 amide bonds.